The van der Waals surface area contributed by atoms with Crippen LogP contribution in [0.3, 0.4) is 0 Å². The maximum Gasteiger partial charge on any atom is 0.255 e. The molecule has 1 N–H and O–H groups in total. The lowest BCUT2D eigenvalue weighted by atomic mass is 10.1. The molecule has 6 heteroatoms. The molecule has 0 aromatic heterocycles. The van der Waals surface area contributed by atoms with Crippen molar-refractivity contribution in [1.82, 2.24) is 5.32 Å². The van der Waals surface area contributed by atoms with Crippen LogP contribution in [-0.2, 0) is 4.79 Å². The zero-order valence-corrected chi connectivity index (χ0v) is 12.4. The minimum absolute atomic E-state index is 0.0352. The van der Waals surface area contributed by atoms with E-state index >= 15 is 0 Å². The minimum atomic E-state index is -0.373. The van der Waals surface area contributed by atoms with Crippen LogP contribution < -0.4 is 10.1 Å². The molecule has 0 radical (unpaired) electrons. The number of hydrogen-bond donors (Lipinski definition) is 1. The number of methoxy groups -OCH3 is 1. The van der Waals surface area contributed by atoms with Crippen molar-refractivity contribution in [3.8, 4) is 5.75 Å². The number of carbonyl (C=O) groups is 2. The predicted octanol–water partition coefficient (Wildman–Crippen LogP) is 2.18. The summed E-state index contributed by atoms with van der Waals surface area (Å²) < 4.78 is 5.24. The van der Waals surface area contributed by atoms with Gasteiger partial charge in [0.15, 0.2) is 0 Å². The quantitative estimate of drug-likeness (QED) is 0.863. The summed E-state index contributed by atoms with van der Waals surface area (Å²) >= 11 is 2.85. The monoisotopic (exact) mass is 297 g/mol. The fraction of sp³-hybridized carbons (Fsp3) is 0.385. The maximum atomic E-state index is 12.2. The third-order valence-corrected chi connectivity index (χ3v) is 4.63. The summed E-state index contributed by atoms with van der Waals surface area (Å²) in [6, 6.07) is 5.05. The molecule has 2 rings (SSSR count). The second-order valence-electron chi connectivity index (χ2n) is 4.05. The SMILES string of the molecule is COc1cc(SC)ccc1C(=O)NC1CCSC1=O. The van der Waals surface area contributed by atoms with Gasteiger partial charge >= 0.3 is 0 Å². The first-order chi connectivity index (χ1) is 9.15. The van der Waals surface area contributed by atoms with Crippen LogP contribution in [-0.4, -0.2) is 36.2 Å². The normalized spacial score (nSPS) is 18.4. The van der Waals surface area contributed by atoms with Crippen molar-refractivity contribution in [2.45, 2.75) is 17.4 Å². The summed E-state index contributed by atoms with van der Waals surface area (Å²) in [5.74, 6) is 1.04. The zero-order valence-electron chi connectivity index (χ0n) is 10.8. The van der Waals surface area contributed by atoms with Crippen LogP contribution in [0.1, 0.15) is 16.8 Å². The molecule has 1 aliphatic rings. The summed E-state index contributed by atoms with van der Waals surface area (Å²) in [5, 5.41) is 2.80. The fourth-order valence-corrected chi connectivity index (χ4v) is 3.21. The predicted molar refractivity (Wildman–Crippen MR) is 78.1 cm³/mol. The van der Waals surface area contributed by atoms with Gasteiger partial charge in [-0.05, 0) is 30.9 Å². The minimum Gasteiger partial charge on any atom is -0.496 e. The molecule has 1 heterocycles. The van der Waals surface area contributed by atoms with Gasteiger partial charge in [-0.25, -0.2) is 0 Å². The Balaban J connectivity index is 2.16. The van der Waals surface area contributed by atoms with Crippen molar-refractivity contribution in [2.75, 3.05) is 19.1 Å². The second kappa shape index (κ2) is 6.34. The summed E-state index contributed by atoms with van der Waals surface area (Å²) in [6.07, 6.45) is 2.66. The summed E-state index contributed by atoms with van der Waals surface area (Å²) in [5.41, 5.74) is 0.463. The molecule has 1 aromatic rings. The van der Waals surface area contributed by atoms with E-state index in [9.17, 15) is 9.59 Å². The van der Waals surface area contributed by atoms with Gasteiger partial charge in [0.1, 0.15) is 5.75 Å². The molecular formula is C13H15NO3S2. The molecule has 19 heavy (non-hydrogen) atoms. The Hall–Kier alpha value is -1.14. The van der Waals surface area contributed by atoms with Gasteiger partial charge in [0.05, 0.1) is 18.7 Å². The third kappa shape index (κ3) is 3.25. The molecule has 102 valence electrons. The first-order valence-corrected chi connectivity index (χ1v) is 8.06. The fourth-order valence-electron chi connectivity index (χ4n) is 1.85. The number of nitrogens with one attached hydrogen (secondary N) is 1. The van der Waals surface area contributed by atoms with Crippen LogP contribution in [0.4, 0.5) is 0 Å². The van der Waals surface area contributed by atoms with Crippen molar-refractivity contribution in [1.29, 1.82) is 0 Å². The van der Waals surface area contributed by atoms with Gasteiger partial charge in [-0.3, -0.25) is 9.59 Å². The molecule has 1 saturated heterocycles. The van der Waals surface area contributed by atoms with E-state index in [2.05, 4.69) is 5.32 Å². The van der Waals surface area contributed by atoms with Crippen molar-refractivity contribution >= 4 is 34.5 Å². The molecule has 0 saturated carbocycles. The highest BCUT2D eigenvalue weighted by Gasteiger charge is 2.27. The highest BCUT2D eigenvalue weighted by molar-refractivity contribution is 8.14. The molecule has 0 bridgehead atoms. The van der Waals surface area contributed by atoms with Crippen molar-refractivity contribution < 1.29 is 14.3 Å². The van der Waals surface area contributed by atoms with Crippen molar-refractivity contribution in [2.24, 2.45) is 0 Å². The Morgan fingerprint density at radius 2 is 2.32 bits per heavy atom. The van der Waals surface area contributed by atoms with E-state index in [-0.39, 0.29) is 17.1 Å². The first kappa shape index (κ1) is 14.3. The zero-order chi connectivity index (χ0) is 13.8. The van der Waals surface area contributed by atoms with Crippen molar-refractivity contribution in [3.05, 3.63) is 23.8 Å². The maximum absolute atomic E-state index is 12.2. The van der Waals surface area contributed by atoms with Gasteiger partial charge in [-0.15, -0.1) is 11.8 Å². The van der Waals surface area contributed by atoms with Crippen LogP contribution >= 0.6 is 23.5 Å². The number of hydrogen-bond acceptors (Lipinski definition) is 5. The smallest absolute Gasteiger partial charge is 0.255 e. The van der Waals surface area contributed by atoms with Crippen LogP contribution in [0.5, 0.6) is 5.75 Å². The van der Waals surface area contributed by atoms with Crippen LogP contribution in [0.2, 0.25) is 0 Å². The molecule has 1 unspecified atom stereocenters. The summed E-state index contributed by atoms with van der Waals surface area (Å²) in [7, 11) is 1.53. The number of benzene rings is 1. The Labute approximate surface area is 120 Å². The molecule has 1 atom stereocenters. The van der Waals surface area contributed by atoms with E-state index in [1.54, 1.807) is 17.8 Å². The van der Waals surface area contributed by atoms with E-state index in [4.69, 9.17) is 4.74 Å². The van der Waals surface area contributed by atoms with Crippen molar-refractivity contribution in [3.63, 3.8) is 0 Å². The van der Waals surface area contributed by atoms with Gasteiger partial charge in [-0.1, -0.05) is 11.8 Å². The third-order valence-electron chi connectivity index (χ3n) is 2.89. The van der Waals surface area contributed by atoms with E-state index in [1.807, 2.05) is 18.4 Å². The van der Waals surface area contributed by atoms with E-state index < -0.39 is 0 Å². The standard InChI is InChI=1S/C13H15NO3S2/c1-17-11-7-8(18-2)3-4-9(11)12(15)14-10-5-6-19-13(10)16/h3-4,7,10H,5-6H2,1-2H3,(H,14,15). The average Bonchev–Trinajstić information content (AvgIpc) is 2.83. The summed E-state index contributed by atoms with van der Waals surface area (Å²) in [4.78, 5) is 24.7. The van der Waals surface area contributed by atoms with Crippen LogP contribution in [0.25, 0.3) is 0 Å². The number of amides is 1. The van der Waals surface area contributed by atoms with Crippen LogP contribution in [0, 0.1) is 0 Å². The number of rotatable bonds is 4. The first-order valence-electron chi connectivity index (χ1n) is 5.85. The van der Waals surface area contributed by atoms with E-state index in [0.717, 1.165) is 10.6 Å². The number of ether oxygens (including phenoxy) is 1. The molecular weight excluding hydrogens is 282 g/mol. The molecule has 1 aliphatic heterocycles. The lowest BCUT2D eigenvalue weighted by Gasteiger charge is -2.13. The largest absolute Gasteiger partial charge is 0.496 e. The Morgan fingerprint density at radius 3 is 2.89 bits per heavy atom. The lowest BCUT2D eigenvalue weighted by molar-refractivity contribution is -0.112. The molecule has 1 amide bonds. The van der Waals surface area contributed by atoms with Gasteiger partial charge < -0.3 is 10.1 Å². The van der Waals surface area contributed by atoms with Gasteiger partial charge in [0.2, 0.25) is 5.12 Å². The molecule has 4 nitrogen and oxygen atoms in total. The van der Waals surface area contributed by atoms with E-state index in [1.165, 1.54) is 18.9 Å². The highest BCUT2D eigenvalue weighted by atomic mass is 32.2. The second-order valence-corrected chi connectivity index (χ2v) is 6.03. The Bertz CT molecular complexity index is 505. The van der Waals surface area contributed by atoms with Gasteiger partial charge in [-0.2, -0.15) is 0 Å². The lowest BCUT2D eigenvalue weighted by Crippen LogP contribution is -2.37. The van der Waals surface area contributed by atoms with Gasteiger partial charge in [0, 0.05) is 10.6 Å². The molecule has 1 fully saturated rings. The number of thioether (sulfide) groups is 2. The number of carbonyl (C=O) groups excluding carboxylic acids is 2. The molecule has 1 aromatic carbocycles. The molecule has 0 spiro atoms. The average molecular weight is 297 g/mol. The Kier molecular flexibility index (Phi) is 4.76. The highest BCUT2D eigenvalue weighted by Crippen LogP contribution is 2.26. The Morgan fingerprint density at radius 1 is 1.53 bits per heavy atom. The van der Waals surface area contributed by atoms with Crippen LogP contribution in [0.15, 0.2) is 23.1 Å². The summed E-state index contributed by atoms with van der Waals surface area (Å²) in [6.45, 7) is 0. The van der Waals surface area contributed by atoms with Gasteiger partial charge in [0.25, 0.3) is 5.91 Å². The topological polar surface area (TPSA) is 55.4 Å². The molecule has 0 aliphatic carbocycles. The van der Waals surface area contributed by atoms with E-state index in [0.29, 0.717) is 17.7 Å².